The van der Waals surface area contributed by atoms with Crippen molar-refractivity contribution in [2.75, 3.05) is 13.1 Å². The summed E-state index contributed by atoms with van der Waals surface area (Å²) in [5.74, 6) is 0.943. The third-order valence-corrected chi connectivity index (χ3v) is 3.97. The van der Waals surface area contributed by atoms with Crippen LogP contribution in [0.25, 0.3) is 0 Å². The van der Waals surface area contributed by atoms with Gasteiger partial charge < -0.3 is 4.90 Å². The van der Waals surface area contributed by atoms with E-state index in [2.05, 4.69) is 32.6 Å². The molecule has 102 valence electrons. The number of rotatable bonds is 8. The van der Waals surface area contributed by atoms with E-state index in [9.17, 15) is 4.79 Å². The summed E-state index contributed by atoms with van der Waals surface area (Å²) in [6.07, 6.45) is 11.1. The Morgan fingerprint density at radius 2 is 2.22 bits per heavy atom. The van der Waals surface area contributed by atoms with Gasteiger partial charge in [0, 0.05) is 20.0 Å². The molecule has 1 aliphatic carbocycles. The van der Waals surface area contributed by atoms with Gasteiger partial charge in [-0.15, -0.1) is 6.58 Å². The Hall–Kier alpha value is -1.05. The molecule has 1 saturated carbocycles. The molecule has 1 aliphatic rings. The fourth-order valence-corrected chi connectivity index (χ4v) is 2.63. The molecule has 18 heavy (non-hydrogen) atoms. The normalized spacial score (nSPS) is 26.3. The van der Waals surface area contributed by atoms with Gasteiger partial charge in [0.25, 0.3) is 0 Å². The average molecular weight is 249 g/mol. The van der Waals surface area contributed by atoms with Crippen LogP contribution in [0.15, 0.2) is 24.8 Å². The Labute approximate surface area is 112 Å². The lowest BCUT2D eigenvalue weighted by atomic mass is 10.0. The van der Waals surface area contributed by atoms with Crippen LogP contribution in [0.1, 0.15) is 46.5 Å². The number of hydrogen-bond donors (Lipinski definition) is 0. The number of carbonyl (C=O) groups excluding carboxylic acids is 1. The van der Waals surface area contributed by atoms with Crippen molar-refractivity contribution in [2.24, 2.45) is 11.3 Å². The lowest BCUT2D eigenvalue weighted by molar-refractivity contribution is -0.129. The van der Waals surface area contributed by atoms with Gasteiger partial charge in [-0.2, -0.15) is 0 Å². The molecule has 2 unspecified atom stereocenters. The third kappa shape index (κ3) is 4.32. The summed E-state index contributed by atoms with van der Waals surface area (Å²) in [7, 11) is 0. The van der Waals surface area contributed by atoms with E-state index in [4.69, 9.17) is 0 Å². The molecule has 0 aliphatic heterocycles. The summed E-state index contributed by atoms with van der Waals surface area (Å²) in [6, 6.07) is 0. The molecular formula is C16H27NO. The molecule has 0 aromatic rings. The van der Waals surface area contributed by atoms with E-state index >= 15 is 0 Å². The first kappa shape index (κ1) is 15.0. The van der Waals surface area contributed by atoms with Crippen molar-refractivity contribution >= 4 is 5.91 Å². The maximum Gasteiger partial charge on any atom is 0.219 e. The van der Waals surface area contributed by atoms with Crippen molar-refractivity contribution in [1.29, 1.82) is 0 Å². The average Bonchev–Trinajstić information content (AvgIpc) is 2.95. The fraction of sp³-hybridized carbons (Fsp3) is 0.688. The van der Waals surface area contributed by atoms with Crippen LogP contribution < -0.4 is 0 Å². The number of carbonyl (C=O) groups is 1. The minimum atomic E-state index is 0.160. The highest BCUT2D eigenvalue weighted by atomic mass is 16.2. The van der Waals surface area contributed by atoms with Crippen LogP contribution >= 0.6 is 0 Å². The van der Waals surface area contributed by atoms with Crippen LogP contribution in [0, 0.1) is 11.3 Å². The second kappa shape index (κ2) is 6.77. The molecule has 1 fully saturated rings. The van der Waals surface area contributed by atoms with Crippen LogP contribution in [0.4, 0.5) is 0 Å². The molecule has 0 saturated heterocycles. The van der Waals surface area contributed by atoms with Crippen molar-refractivity contribution in [1.82, 2.24) is 4.90 Å². The van der Waals surface area contributed by atoms with E-state index in [1.165, 1.54) is 19.3 Å². The second-order valence-corrected chi connectivity index (χ2v) is 5.70. The summed E-state index contributed by atoms with van der Waals surface area (Å²) in [5.41, 5.74) is 0.342. The van der Waals surface area contributed by atoms with Gasteiger partial charge in [-0.25, -0.2) is 0 Å². The summed E-state index contributed by atoms with van der Waals surface area (Å²) in [4.78, 5) is 13.4. The van der Waals surface area contributed by atoms with Crippen molar-refractivity contribution in [3.63, 3.8) is 0 Å². The molecule has 0 aromatic heterocycles. The Kier molecular flexibility index (Phi) is 5.64. The van der Waals surface area contributed by atoms with E-state index in [0.29, 0.717) is 12.0 Å². The van der Waals surface area contributed by atoms with E-state index in [0.717, 1.165) is 18.9 Å². The standard InChI is InChI=1S/C16H27NO/c1-5-7-8-9-10-15-12-16(15,4)13-17(11-6-2)14(3)18/h6-8,15H,2,5,9-13H2,1,3-4H3. The molecular weight excluding hydrogens is 222 g/mol. The maximum atomic E-state index is 11.5. The molecule has 0 radical (unpaired) electrons. The van der Waals surface area contributed by atoms with E-state index in [-0.39, 0.29) is 5.91 Å². The summed E-state index contributed by atoms with van der Waals surface area (Å²) in [6.45, 7) is 11.4. The molecule has 0 N–H and O–H groups in total. The monoisotopic (exact) mass is 249 g/mol. The number of allylic oxidation sites excluding steroid dienone is 2. The highest BCUT2D eigenvalue weighted by Crippen LogP contribution is 2.55. The minimum Gasteiger partial charge on any atom is -0.339 e. The predicted octanol–water partition coefficient (Wildman–Crippen LogP) is 3.79. The van der Waals surface area contributed by atoms with Crippen LogP contribution in [0.5, 0.6) is 0 Å². The van der Waals surface area contributed by atoms with Gasteiger partial charge in [-0.05, 0) is 37.0 Å². The molecule has 0 aromatic carbocycles. The van der Waals surface area contributed by atoms with Gasteiger partial charge in [-0.1, -0.05) is 32.1 Å². The minimum absolute atomic E-state index is 0.160. The lowest BCUT2D eigenvalue weighted by Crippen LogP contribution is -2.34. The van der Waals surface area contributed by atoms with Gasteiger partial charge in [0.05, 0.1) is 0 Å². The number of hydrogen-bond acceptors (Lipinski definition) is 1. The Morgan fingerprint density at radius 3 is 2.78 bits per heavy atom. The molecule has 2 atom stereocenters. The molecule has 2 heteroatoms. The lowest BCUT2D eigenvalue weighted by Gasteiger charge is -2.24. The van der Waals surface area contributed by atoms with Crippen molar-refractivity contribution in [3.05, 3.63) is 24.8 Å². The Bertz CT molecular complexity index is 321. The summed E-state index contributed by atoms with van der Waals surface area (Å²) >= 11 is 0. The van der Waals surface area contributed by atoms with Gasteiger partial charge in [0.2, 0.25) is 5.91 Å². The van der Waals surface area contributed by atoms with Gasteiger partial charge in [0.1, 0.15) is 0 Å². The SMILES string of the molecule is C=CCN(CC1(C)CC1CCC=CCC)C(C)=O. The Morgan fingerprint density at radius 1 is 1.50 bits per heavy atom. The maximum absolute atomic E-state index is 11.5. The molecule has 0 heterocycles. The molecule has 1 amide bonds. The summed E-state index contributed by atoms with van der Waals surface area (Å²) < 4.78 is 0. The van der Waals surface area contributed by atoms with Crippen molar-refractivity contribution in [2.45, 2.75) is 46.5 Å². The van der Waals surface area contributed by atoms with E-state index in [1.807, 2.05) is 11.0 Å². The molecule has 0 spiro atoms. The predicted molar refractivity (Wildman–Crippen MR) is 77.3 cm³/mol. The quantitative estimate of drug-likeness (QED) is 0.599. The third-order valence-electron chi connectivity index (χ3n) is 3.97. The number of amides is 1. The van der Waals surface area contributed by atoms with Crippen LogP contribution in [-0.4, -0.2) is 23.9 Å². The van der Waals surface area contributed by atoms with Crippen molar-refractivity contribution < 1.29 is 4.79 Å². The largest absolute Gasteiger partial charge is 0.339 e. The Balaban J connectivity index is 2.36. The van der Waals surface area contributed by atoms with Crippen molar-refractivity contribution in [3.8, 4) is 0 Å². The van der Waals surface area contributed by atoms with Gasteiger partial charge in [-0.3, -0.25) is 4.79 Å². The van der Waals surface area contributed by atoms with Gasteiger partial charge in [0.15, 0.2) is 0 Å². The van der Waals surface area contributed by atoms with E-state index in [1.54, 1.807) is 6.92 Å². The molecule has 1 rings (SSSR count). The zero-order chi connectivity index (χ0) is 13.6. The zero-order valence-corrected chi connectivity index (χ0v) is 12.1. The zero-order valence-electron chi connectivity index (χ0n) is 12.1. The first-order valence-electron chi connectivity index (χ1n) is 7.05. The highest BCUT2D eigenvalue weighted by Gasteiger charge is 2.49. The first-order valence-corrected chi connectivity index (χ1v) is 7.05. The summed E-state index contributed by atoms with van der Waals surface area (Å²) in [5, 5.41) is 0. The fourth-order valence-electron chi connectivity index (χ4n) is 2.63. The number of nitrogens with zero attached hydrogens (tertiary/aromatic N) is 1. The molecule has 0 bridgehead atoms. The van der Waals surface area contributed by atoms with Crippen LogP contribution in [0.2, 0.25) is 0 Å². The smallest absolute Gasteiger partial charge is 0.219 e. The second-order valence-electron chi connectivity index (χ2n) is 5.70. The van der Waals surface area contributed by atoms with Crippen LogP contribution in [-0.2, 0) is 4.79 Å². The van der Waals surface area contributed by atoms with E-state index < -0.39 is 0 Å². The first-order chi connectivity index (χ1) is 8.53. The van der Waals surface area contributed by atoms with Gasteiger partial charge >= 0.3 is 0 Å². The highest BCUT2D eigenvalue weighted by molar-refractivity contribution is 5.73. The molecule has 2 nitrogen and oxygen atoms in total. The van der Waals surface area contributed by atoms with Crippen LogP contribution in [0.3, 0.4) is 0 Å². The topological polar surface area (TPSA) is 20.3 Å².